The van der Waals surface area contributed by atoms with Gasteiger partial charge in [0.2, 0.25) is 0 Å². The van der Waals surface area contributed by atoms with Crippen LogP contribution in [0.25, 0.3) is 5.82 Å². The Kier molecular flexibility index (Phi) is 5.65. The largest absolute Gasteiger partial charge is 0.507 e. The number of aromatic nitrogens is 3. The van der Waals surface area contributed by atoms with E-state index < -0.39 is 0 Å². The highest BCUT2D eigenvalue weighted by molar-refractivity contribution is 6.33. The average Bonchev–Trinajstić information content (AvgIpc) is 3.11. The van der Waals surface area contributed by atoms with E-state index in [4.69, 9.17) is 11.6 Å². The van der Waals surface area contributed by atoms with Gasteiger partial charge in [-0.05, 0) is 44.2 Å². The van der Waals surface area contributed by atoms with Crippen LogP contribution in [0.4, 0.5) is 0 Å². The van der Waals surface area contributed by atoms with Crippen LogP contribution in [0.3, 0.4) is 0 Å². The van der Waals surface area contributed by atoms with Crippen LogP contribution in [0.15, 0.2) is 42.5 Å². The van der Waals surface area contributed by atoms with Crippen LogP contribution < -0.4 is 0 Å². The van der Waals surface area contributed by atoms with E-state index in [0.717, 1.165) is 11.4 Å². The van der Waals surface area contributed by atoms with Crippen LogP contribution in [0.2, 0.25) is 5.02 Å². The number of pyridine rings is 1. The minimum absolute atomic E-state index is 0.0528. The van der Waals surface area contributed by atoms with Crippen molar-refractivity contribution in [1.82, 2.24) is 24.6 Å². The highest BCUT2D eigenvalue weighted by atomic mass is 35.5. The Morgan fingerprint density at radius 1 is 0.968 bits per heavy atom. The molecule has 0 bridgehead atoms. The molecular weight excluding hydrogens is 418 g/mol. The summed E-state index contributed by atoms with van der Waals surface area (Å²) in [6.45, 7) is 5.21. The number of rotatable bonds is 3. The third-order valence-corrected chi connectivity index (χ3v) is 5.55. The van der Waals surface area contributed by atoms with Gasteiger partial charge in [0.05, 0.1) is 16.3 Å². The van der Waals surface area contributed by atoms with Gasteiger partial charge in [0.25, 0.3) is 11.8 Å². The highest BCUT2D eigenvalue weighted by Gasteiger charge is 2.28. The van der Waals surface area contributed by atoms with Crippen molar-refractivity contribution in [2.75, 3.05) is 26.2 Å². The molecule has 1 fully saturated rings. The number of para-hydroxylation sites is 1. The standard InChI is InChI=1S/C22H22ClN5O3/c1-14-13-15(2)28(25-14)19-8-7-17(23)20(24-19)22(31)27-11-9-26(10-12-27)21(30)16-5-3-4-6-18(16)29/h3-8,13,29H,9-12H2,1-2H3. The van der Waals surface area contributed by atoms with Crippen molar-refractivity contribution >= 4 is 23.4 Å². The van der Waals surface area contributed by atoms with E-state index in [-0.39, 0.29) is 33.8 Å². The van der Waals surface area contributed by atoms with E-state index in [1.807, 2.05) is 19.9 Å². The summed E-state index contributed by atoms with van der Waals surface area (Å²) in [6, 6.07) is 11.7. The van der Waals surface area contributed by atoms with Gasteiger partial charge in [0.15, 0.2) is 5.82 Å². The van der Waals surface area contributed by atoms with Gasteiger partial charge in [-0.15, -0.1) is 0 Å². The molecule has 9 heteroatoms. The Balaban J connectivity index is 1.49. The zero-order valence-electron chi connectivity index (χ0n) is 17.2. The molecule has 160 valence electrons. The monoisotopic (exact) mass is 439 g/mol. The van der Waals surface area contributed by atoms with Crippen LogP contribution in [0.1, 0.15) is 32.2 Å². The van der Waals surface area contributed by atoms with Crippen molar-refractivity contribution in [3.63, 3.8) is 0 Å². The molecule has 2 amide bonds. The second-order valence-corrected chi connectivity index (χ2v) is 7.85. The molecule has 0 spiro atoms. The summed E-state index contributed by atoms with van der Waals surface area (Å²) in [4.78, 5) is 33.5. The Bertz CT molecular complexity index is 1150. The lowest BCUT2D eigenvalue weighted by Gasteiger charge is -2.34. The molecule has 1 N–H and O–H groups in total. The molecule has 0 saturated carbocycles. The lowest BCUT2D eigenvalue weighted by atomic mass is 10.1. The number of carbonyl (C=O) groups excluding carboxylic acids is 2. The first-order chi connectivity index (χ1) is 14.8. The molecule has 0 atom stereocenters. The van der Waals surface area contributed by atoms with Crippen molar-refractivity contribution in [2.45, 2.75) is 13.8 Å². The average molecular weight is 440 g/mol. The first-order valence-electron chi connectivity index (χ1n) is 9.92. The molecule has 1 aliphatic heterocycles. The third-order valence-electron chi connectivity index (χ3n) is 5.25. The lowest BCUT2D eigenvalue weighted by Crippen LogP contribution is -2.50. The van der Waals surface area contributed by atoms with Crippen molar-refractivity contribution in [2.24, 2.45) is 0 Å². The summed E-state index contributed by atoms with van der Waals surface area (Å²) in [7, 11) is 0. The molecule has 8 nitrogen and oxygen atoms in total. The molecule has 1 aliphatic rings. The predicted octanol–water partition coefficient (Wildman–Crippen LogP) is 2.84. The summed E-state index contributed by atoms with van der Waals surface area (Å²) < 4.78 is 1.67. The topological polar surface area (TPSA) is 91.6 Å². The number of amides is 2. The number of benzene rings is 1. The maximum Gasteiger partial charge on any atom is 0.274 e. The number of nitrogens with zero attached hydrogens (tertiary/aromatic N) is 5. The summed E-state index contributed by atoms with van der Waals surface area (Å²) in [5.41, 5.74) is 2.17. The number of halogens is 1. The van der Waals surface area contributed by atoms with E-state index in [1.165, 1.54) is 6.07 Å². The fourth-order valence-electron chi connectivity index (χ4n) is 3.65. The van der Waals surface area contributed by atoms with Gasteiger partial charge in [-0.3, -0.25) is 9.59 Å². The summed E-state index contributed by atoms with van der Waals surface area (Å²) >= 11 is 6.29. The third kappa shape index (κ3) is 4.11. The van der Waals surface area contributed by atoms with E-state index >= 15 is 0 Å². The zero-order chi connectivity index (χ0) is 22.1. The van der Waals surface area contributed by atoms with E-state index in [0.29, 0.717) is 32.0 Å². The second kappa shape index (κ2) is 8.39. The van der Waals surface area contributed by atoms with Crippen molar-refractivity contribution in [3.05, 3.63) is 70.1 Å². The molecule has 0 unspecified atom stereocenters. The van der Waals surface area contributed by atoms with E-state index in [2.05, 4.69) is 10.1 Å². The number of piperazine rings is 1. The number of aryl methyl sites for hydroxylation is 2. The summed E-state index contributed by atoms with van der Waals surface area (Å²) in [5.74, 6) is -0.0782. The molecule has 3 aromatic rings. The van der Waals surface area contributed by atoms with Crippen molar-refractivity contribution in [1.29, 1.82) is 0 Å². The molecule has 3 heterocycles. The first-order valence-corrected chi connectivity index (χ1v) is 10.3. The minimum Gasteiger partial charge on any atom is -0.507 e. The van der Waals surface area contributed by atoms with Gasteiger partial charge in [-0.2, -0.15) is 5.10 Å². The maximum absolute atomic E-state index is 13.1. The number of hydrogen-bond donors (Lipinski definition) is 1. The molecule has 0 aliphatic carbocycles. The Hall–Kier alpha value is -3.39. The Morgan fingerprint density at radius 3 is 2.23 bits per heavy atom. The molecule has 2 aromatic heterocycles. The maximum atomic E-state index is 13.1. The van der Waals surface area contributed by atoms with Gasteiger partial charge in [-0.25, -0.2) is 9.67 Å². The second-order valence-electron chi connectivity index (χ2n) is 7.44. The lowest BCUT2D eigenvalue weighted by molar-refractivity contribution is 0.0530. The quantitative estimate of drug-likeness (QED) is 0.677. The number of phenolic OH excluding ortho intramolecular Hbond substituents is 1. The molecule has 31 heavy (non-hydrogen) atoms. The van der Waals surface area contributed by atoms with Crippen molar-refractivity contribution in [3.8, 4) is 11.6 Å². The first kappa shape index (κ1) is 20.9. The number of phenols is 1. The summed E-state index contributed by atoms with van der Waals surface area (Å²) in [6.07, 6.45) is 0. The van der Waals surface area contributed by atoms with Crippen LogP contribution in [0.5, 0.6) is 5.75 Å². The Labute approximate surface area is 184 Å². The SMILES string of the molecule is Cc1cc(C)n(-c2ccc(Cl)c(C(=O)N3CCN(C(=O)c4ccccc4O)CC3)n2)n1. The van der Waals surface area contributed by atoms with Crippen LogP contribution in [0, 0.1) is 13.8 Å². The summed E-state index contributed by atoms with van der Waals surface area (Å²) in [5, 5.41) is 14.6. The van der Waals surface area contributed by atoms with E-state index in [9.17, 15) is 14.7 Å². The fraction of sp³-hybridized carbons (Fsp3) is 0.273. The van der Waals surface area contributed by atoms with Gasteiger partial charge in [0.1, 0.15) is 11.4 Å². The molecule has 4 rings (SSSR count). The van der Waals surface area contributed by atoms with E-state index in [1.54, 1.807) is 44.8 Å². The fourth-order valence-corrected chi connectivity index (χ4v) is 3.83. The molecule has 1 saturated heterocycles. The van der Waals surface area contributed by atoms with Crippen molar-refractivity contribution < 1.29 is 14.7 Å². The Morgan fingerprint density at radius 2 is 1.61 bits per heavy atom. The van der Waals surface area contributed by atoms with Gasteiger partial charge in [0, 0.05) is 31.9 Å². The minimum atomic E-state index is -0.289. The molecular formula is C22H22ClN5O3. The van der Waals surface area contributed by atoms with Gasteiger partial charge >= 0.3 is 0 Å². The highest BCUT2D eigenvalue weighted by Crippen LogP contribution is 2.22. The number of aromatic hydroxyl groups is 1. The van der Waals surface area contributed by atoms with Gasteiger partial charge in [-0.1, -0.05) is 23.7 Å². The smallest absolute Gasteiger partial charge is 0.274 e. The van der Waals surface area contributed by atoms with Crippen LogP contribution in [-0.4, -0.2) is 67.7 Å². The van der Waals surface area contributed by atoms with Gasteiger partial charge < -0.3 is 14.9 Å². The predicted molar refractivity (Wildman–Crippen MR) is 116 cm³/mol. The van der Waals surface area contributed by atoms with Crippen LogP contribution in [-0.2, 0) is 0 Å². The molecule has 0 radical (unpaired) electrons. The number of hydrogen-bond acceptors (Lipinski definition) is 5. The molecule has 1 aromatic carbocycles. The van der Waals surface area contributed by atoms with Crippen LogP contribution >= 0.6 is 11.6 Å². The normalized spacial score (nSPS) is 14.0. The number of carbonyl (C=O) groups is 2. The zero-order valence-corrected chi connectivity index (χ0v) is 18.0.